The summed E-state index contributed by atoms with van der Waals surface area (Å²) in [5.41, 5.74) is 0.274. The third kappa shape index (κ3) is 7.65. The predicted molar refractivity (Wildman–Crippen MR) is 88.0 cm³/mol. The van der Waals surface area contributed by atoms with Crippen LogP contribution in [0.1, 0.15) is 33.3 Å². The molecule has 3 N–H and O–H groups in total. The Morgan fingerprint density at radius 2 is 1.78 bits per heavy atom. The summed E-state index contributed by atoms with van der Waals surface area (Å²) in [6, 6.07) is 8.22. The third-order valence-electron chi connectivity index (χ3n) is 2.95. The Morgan fingerprint density at radius 3 is 2.30 bits per heavy atom. The first-order valence-electron chi connectivity index (χ1n) is 7.66. The van der Waals surface area contributed by atoms with E-state index in [2.05, 4.69) is 10.6 Å². The van der Waals surface area contributed by atoms with E-state index in [9.17, 15) is 9.59 Å². The van der Waals surface area contributed by atoms with Gasteiger partial charge in [0.05, 0.1) is 6.61 Å². The SMILES string of the molecule is CC(CO)NC(=O)C(Cc1ccccc1)NC(=O)OC(C)(C)C. The Morgan fingerprint density at radius 1 is 1.17 bits per heavy atom. The van der Waals surface area contributed by atoms with Gasteiger partial charge in [-0.15, -0.1) is 0 Å². The van der Waals surface area contributed by atoms with E-state index >= 15 is 0 Å². The molecule has 2 amide bonds. The minimum Gasteiger partial charge on any atom is -0.444 e. The number of carbonyl (C=O) groups excluding carboxylic acids is 2. The van der Waals surface area contributed by atoms with Gasteiger partial charge in [-0.05, 0) is 33.3 Å². The second kappa shape index (κ2) is 8.53. The molecular weight excluding hydrogens is 296 g/mol. The first kappa shape index (κ1) is 19.0. The second-order valence-corrected chi connectivity index (χ2v) is 6.48. The molecule has 6 heteroatoms. The number of rotatable bonds is 6. The lowest BCUT2D eigenvalue weighted by Gasteiger charge is -2.24. The molecule has 0 aliphatic rings. The maximum atomic E-state index is 12.3. The van der Waals surface area contributed by atoms with Crippen LogP contribution in [0.3, 0.4) is 0 Å². The molecule has 1 aromatic carbocycles. The summed E-state index contributed by atoms with van der Waals surface area (Å²) in [6.07, 6.45) is -0.311. The van der Waals surface area contributed by atoms with E-state index in [1.807, 2.05) is 30.3 Å². The Labute approximate surface area is 137 Å². The van der Waals surface area contributed by atoms with Gasteiger partial charge in [-0.1, -0.05) is 30.3 Å². The first-order chi connectivity index (χ1) is 10.7. The van der Waals surface area contributed by atoms with Crippen molar-refractivity contribution in [1.29, 1.82) is 0 Å². The van der Waals surface area contributed by atoms with Gasteiger partial charge in [0, 0.05) is 12.5 Å². The molecule has 0 bridgehead atoms. The molecule has 0 aromatic heterocycles. The molecular formula is C17H26N2O4. The summed E-state index contributed by atoms with van der Waals surface area (Å²) in [4.78, 5) is 24.3. The van der Waals surface area contributed by atoms with Crippen molar-refractivity contribution in [1.82, 2.24) is 10.6 Å². The van der Waals surface area contributed by atoms with Gasteiger partial charge < -0.3 is 20.5 Å². The predicted octanol–water partition coefficient (Wildman–Crippen LogP) is 1.62. The standard InChI is InChI=1S/C17H26N2O4/c1-12(11-20)18-15(21)14(10-13-8-6-5-7-9-13)19-16(22)23-17(2,3)4/h5-9,12,14,20H,10-11H2,1-4H3,(H,18,21)(H,19,22). The minimum atomic E-state index is -0.777. The molecule has 0 fully saturated rings. The van der Waals surface area contributed by atoms with Gasteiger partial charge in [0.15, 0.2) is 0 Å². The maximum Gasteiger partial charge on any atom is 0.408 e. The number of carbonyl (C=O) groups is 2. The van der Waals surface area contributed by atoms with Gasteiger partial charge in [-0.25, -0.2) is 4.79 Å². The molecule has 1 rings (SSSR count). The molecule has 128 valence electrons. The molecule has 2 atom stereocenters. The molecule has 0 aliphatic heterocycles. The number of hydrogen-bond acceptors (Lipinski definition) is 4. The highest BCUT2D eigenvalue weighted by Crippen LogP contribution is 2.08. The average molecular weight is 322 g/mol. The Balaban J connectivity index is 2.79. The number of benzene rings is 1. The lowest BCUT2D eigenvalue weighted by atomic mass is 10.1. The van der Waals surface area contributed by atoms with Crippen molar-refractivity contribution in [2.24, 2.45) is 0 Å². The van der Waals surface area contributed by atoms with E-state index in [1.165, 1.54) is 0 Å². The first-order valence-corrected chi connectivity index (χ1v) is 7.66. The zero-order valence-electron chi connectivity index (χ0n) is 14.1. The van der Waals surface area contributed by atoms with Crippen molar-refractivity contribution in [3.63, 3.8) is 0 Å². The zero-order valence-corrected chi connectivity index (χ0v) is 14.1. The topological polar surface area (TPSA) is 87.7 Å². The summed E-state index contributed by atoms with van der Waals surface area (Å²) >= 11 is 0. The van der Waals surface area contributed by atoms with Crippen molar-refractivity contribution < 1.29 is 19.4 Å². The second-order valence-electron chi connectivity index (χ2n) is 6.48. The van der Waals surface area contributed by atoms with Crippen LogP contribution in [-0.4, -0.2) is 41.4 Å². The molecule has 0 saturated carbocycles. The van der Waals surface area contributed by atoms with E-state index in [4.69, 9.17) is 9.84 Å². The quantitative estimate of drug-likeness (QED) is 0.742. The Bertz CT molecular complexity index is 511. The van der Waals surface area contributed by atoms with Crippen LogP contribution in [-0.2, 0) is 16.0 Å². The molecule has 2 unspecified atom stereocenters. The van der Waals surface area contributed by atoms with Crippen molar-refractivity contribution >= 4 is 12.0 Å². The zero-order chi connectivity index (χ0) is 17.5. The van der Waals surface area contributed by atoms with Crippen LogP contribution in [0.25, 0.3) is 0 Å². The number of aliphatic hydroxyl groups is 1. The van der Waals surface area contributed by atoms with Crippen molar-refractivity contribution in [3.05, 3.63) is 35.9 Å². The number of ether oxygens (including phenoxy) is 1. The van der Waals surface area contributed by atoms with Crippen LogP contribution in [0.4, 0.5) is 4.79 Å². The molecule has 0 spiro atoms. The fourth-order valence-corrected chi connectivity index (χ4v) is 1.90. The molecule has 23 heavy (non-hydrogen) atoms. The van der Waals surface area contributed by atoms with Gasteiger partial charge in [-0.2, -0.15) is 0 Å². The fraction of sp³-hybridized carbons (Fsp3) is 0.529. The van der Waals surface area contributed by atoms with Crippen LogP contribution in [0.15, 0.2) is 30.3 Å². The number of amides is 2. The molecule has 0 saturated heterocycles. The van der Waals surface area contributed by atoms with Gasteiger partial charge in [0.2, 0.25) is 5.91 Å². The number of aliphatic hydroxyl groups excluding tert-OH is 1. The largest absolute Gasteiger partial charge is 0.444 e. The van der Waals surface area contributed by atoms with Crippen LogP contribution < -0.4 is 10.6 Å². The highest BCUT2D eigenvalue weighted by molar-refractivity contribution is 5.86. The van der Waals surface area contributed by atoms with E-state index < -0.39 is 17.7 Å². The highest BCUT2D eigenvalue weighted by atomic mass is 16.6. The molecule has 6 nitrogen and oxygen atoms in total. The van der Waals surface area contributed by atoms with E-state index in [0.717, 1.165) is 5.56 Å². The van der Waals surface area contributed by atoms with Gasteiger partial charge in [-0.3, -0.25) is 4.79 Å². The Kier molecular flexibility index (Phi) is 7.03. The van der Waals surface area contributed by atoms with Gasteiger partial charge >= 0.3 is 6.09 Å². The molecule has 0 radical (unpaired) electrons. The third-order valence-corrected chi connectivity index (χ3v) is 2.95. The van der Waals surface area contributed by atoms with Crippen molar-refractivity contribution in [2.45, 2.75) is 51.8 Å². The summed E-state index contributed by atoms with van der Waals surface area (Å²) < 4.78 is 5.21. The smallest absolute Gasteiger partial charge is 0.408 e. The van der Waals surface area contributed by atoms with E-state index in [0.29, 0.717) is 6.42 Å². The van der Waals surface area contributed by atoms with Crippen molar-refractivity contribution in [3.8, 4) is 0 Å². The summed E-state index contributed by atoms with van der Waals surface area (Å²) in [7, 11) is 0. The van der Waals surface area contributed by atoms with E-state index in [-0.39, 0.29) is 18.6 Å². The molecule has 0 aliphatic carbocycles. The summed E-state index contributed by atoms with van der Waals surface area (Å²) in [5.74, 6) is -0.360. The average Bonchev–Trinajstić information content (AvgIpc) is 2.45. The van der Waals surface area contributed by atoms with Crippen LogP contribution in [0.5, 0.6) is 0 Å². The van der Waals surface area contributed by atoms with Crippen LogP contribution in [0.2, 0.25) is 0 Å². The highest BCUT2D eigenvalue weighted by Gasteiger charge is 2.25. The van der Waals surface area contributed by atoms with Crippen molar-refractivity contribution in [2.75, 3.05) is 6.61 Å². The van der Waals surface area contributed by atoms with Gasteiger partial charge in [0.25, 0.3) is 0 Å². The van der Waals surface area contributed by atoms with Crippen LogP contribution in [0, 0.1) is 0 Å². The molecule has 1 aromatic rings. The monoisotopic (exact) mass is 322 g/mol. The number of nitrogens with one attached hydrogen (secondary N) is 2. The van der Waals surface area contributed by atoms with Crippen LogP contribution >= 0.6 is 0 Å². The maximum absolute atomic E-state index is 12.3. The summed E-state index contributed by atoms with van der Waals surface area (Å²) in [5, 5.41) is 14.3. The fourth-order valence-electron chi connectivity index (χ4n) is 1.90. The lowest BCUT2D eigenvalue weighted by Crippen LogP contribution is -2.51. The number of alkyl carbamates (subject to hydrolysis) is 1. The van der Waals surface area contributed by atoms with E-state index in [1.54, 1.807) is 27.7 Å². The normalized spacial score (nSPS) is 13.8. The molecule has 0 heterocycles. The van der Waals surface area contributed by atoms with Gasteiger partial charge in [0.1, 0.15) is 11.6 Å². The summed E-state index contributed by atoms with van der Waals surface area (Å²) in [6.45, 7) is 6.78. The minimum absolute atomic E-state index is 0.170. The lowest BCUT2D eigenvalue weighted by molar-refractivity contribution is -0.124. The number of hydrogen-bond donors (Lipinski definition) is 3. The Hall–Kier alpha value is -2.08.